The van der Waals surface area contributed by atoms with E-state index in [-0.39, 0.29) is 11.9 Å². The Morgan fingerprint density at radius 1 is 1.24 bits per heavy atom. The second-order valence-electron chi connectivity index (χ2n) is 7.04. The number of allylic oxidation sites excluding steroid dienone is 1. The molecule has 1 fully saturated rings. The molecule has 0 saturated carbocycles. The van der Waals surface area contributed by atoms with E-state index in [0.717, 1.165) is 45.0 Å². The summed E-state index contributed by atoms with van der Waals surface area (Å²) in [4.78, 5) is 21.4. The van der Waals surface area contributed by atoms with Crippen LogP contribution < -0.4 is 10.2 Å². The van der Waals surface area contributed by atoms with Crippen LogP contribution in [-0.2, 0) is 4.79 Å². The molecule has 0 bridgehead atoms. The van der Waals surface area contributed by atoms with Crippen molar-refractivity contribution >= 4 is 11.7 Å². The van der Waals surface area contributed by atoms with Crippen LogP contribution in [0.25, 0.3) is 0 Å². The molecular formula is C20H30N4O. The maximum atomic E-state index is 12.4. The lowest BCUT2D eigenvalue weighted by atomic mass is 9.97. The van der Waals surface area contributed by atoms with Gasteiger partial charge in [0.2, 0.25) is 5.91 Å². The van der Waals surface area contributed by atoms with Crippen LogP contribution in [0.4, 0.5) is 5.82 Å². The number of carbonyl (C=O) groups is 1. The first-order valence-electron chi connectivity index (χ1n) is 9.59. The summed E-state index contributed by atoms with van der Waals surface area (Å²) in [6, 6.07) is 5.94. The normalized spacial score (nSPS) is 20.0. The van der Waals surface area contributed by atoms with Crippen molar-refractivity contribution in [2.24, 2.45) is 0 Å². The van der Waals surface area contributed by atoms with Crippen molar-refractivity contribution < 1.29 is 4.79 Å². The molecule has 3 rings (SSSR count). The maximum absolute atomic E-state index is 12.4. The molecule has 0 spiro atoms. The zero-order valence-electron chi connectivity index (χ0n) is 15.3. The topological polar surface area (TPSA) is 48.5 Å². The number of aromatic nitrogens is 1. The van der Waals surface area contributed by atoms with Gasteiger partial charge in [-0.2, -0.15) is 0 Å². The summed E-state index contributed by atoms with van der Waals surface area (Å²) in [6.07, 6.45) is 10.2. The molecule has 2 heterocycles. The number of hydrogen-bond acceptors (Lipinski definition) is 4. The number of anilines is 1. The standard InChI is InChI=1S/C20H30N4O/c1-17(20(25)22-12-10-18-7-3-2-4-8-18)23-13-15-24(16-14-23)19-9-5-6-11-21-19/h5-7,9,11,17H,2-4,8,10,12-16H2,1H3,(H,22,25). The van der Waals surface area contributed by atoms with Gasteiger partial charge in [0, 0.05) is 38.9 Å². The average Bonchev–Trinajstić information content (AvgIpc) is 2.69. The van der Waals surface area contributed by atoms with Gasteiger partial charge in [-0.3, -0.25) is 9.69 Å². The largest absolute Gasteiger partial charge is 0.354 e. The fourth-order valence-electron chi connectivity index (χ4n) is 3.67. The van der Waals surface area contributed by atoms with Crippen LogP contribution in [0.1, 0.15) is 39.0 Å². The lowest BCUT2D eigenvalue weighted by Crippen LogP contribution is -2.54. The number of hydrogen-bond donors (Lipinski definition) is 1. The van der Waals surface area contributed by atoms with E-state index in [1.165, 1.54) is 31.3 Å². The Morgan fingerprint density at radius 2 is 2.08 bits per heavy atom. The summed E-state index contributed by atoms with van der Waals surface area (Å²) < 4.78 is 0. The molecule has 1 saturated heterocycles. The van der Waals surface area contributed by atoms with Gasteiger partial charge in [0.25, 0.3) is 0 Å². The van der Waals surface area contributed by atoms with Crippen LogP contribution in [-0.4, -0.2) is 54.6 Å². The highest BCUT2D eigenvalue weighted by molar-refractivity contribution is 5.81. The highest BCUT2D eigenvalue weighted by Gasteiger charge is 2.25. The van der Waals surface area contributed by atoms with Crippen molar-refractivity contribution in [1.82, 2.24) is 15.2 Å². The third-order valence-electron chi connectivity index (χ3n) is 5.35. The molecular weight excluding hydrogens is 312 g/mol. The van der Waals surface area contributed by atoms with E-state index in [9.17, 15) is 4.79 Å². The van der Waals surface area contributed by atoms with Gasteiger partial charge in [-0.05, 0) is 51.2 Å². The minimum Gasteiger partial charge on any atom is -0.354 e. The predicted molar refractivity (Wildman–Crippen MR) is 102 cm³/mol. The quantitative estimate of drug-likeness (QED) is 0.808. The summed E-state index contributed by atoms with van der Waals surface area (Å²) in [6.45, 7) is 6.42. The lowest BCUT2D eigenvalue weighted by Gasteiger charge is -2.38. The molecule has 5 nitrogen and oxygen atoms in total. The molecule has 0 radical (unpaired) electrons. The fraction of sp³-hybridized carbons (Fsp3) is 0.600. The minimum atomic E-state index is -0.0637. The van der Waals surface area contributed by atoms with Crippen molar-refractivity contribution in [3.05, 3.63) is 36.0 Å². The first-order chi connectivity index (χ1) is 12.2. The third kappa shape index (κ3) is 5.05. The molecule has 0 aromatic carbocycles. The number of pyridine rings is 1. The van der Waals surface area contributed by atoms with Gasteiger partial charge in [-0.1, -0.05) is 17.7 Å². The molecule has 2 aliphatic rings. The zero-order chi connectivity index (χ0) is 17.5. The highest BCUT2D eigenvalue weighted by atomic mass is 16.2. The van der Waals surface area contributed by atoms with Crippen LogP contribution in [0.3, 0.4) is 0 Å². The van der Waals surface area contributed by atoms with Crippen LogP contribution in [0.15, 0.2) is 36.0 Å². The van der Waals surface area contributed by atoms with Gasteiger partial charge in [0.1, 0.15) is 5.82 Å². The molecule has 1 aliphatic carbocycles. The number of nitrogens with one attached hydrogen (secondary N) is 1. The maximum Gasteiger partial charge on any atom is 0.237 e. The molecule has 136 valence electrons. The molecule has 1 unspecified atom stereocenters. The van der Waals surface area contributed by atoms with Crippen LogP contribution in [0.5, 0.6) is 0 Å². The van der Waals surface area contributed by atoms with Crippen LogP contribution in [0, 0.1) is 0 Å². The Labute approximate surface area is 151 Å². The molecule has 5 heteroatoms. The summed E-state index contributed by atoms with van der Waals surface area (Å²) >= 11 is 0. The van der Waals surface area contributed by atoms with Crippen LogP contribution in [0.2, 0.25) is 0 Å². The van der Waals surface area contributed by atoms with E-state index in [0.29, 0.717) is 0 Å². The van der Waals surface area contributed by atoms with Crippen molar-refractivity contribution in [2.45, 2.75) is 45.1 Å². The van der Waals surface area contributed by atoms with Crippen molar-refractivity contribution in [2.75, 3.05) is 37.6 Å². The molecule has 1 amide bonds. The first kappa shape index (κ1) is 17.9. The number of piperazine rings is 1. The van der Waals surface area contributed by atoms with Crippen molar-refractivity contribution in [3.8, 4) is 0 Å². The smallest absolute Gasteiger partial charge is 0.237 e. The van der Waals surface area contributed by atoms with Crippen LogP contribution >= 0.6 is 0 Å². The molecule has 1 atom stereocenters. The fourth-order valence-corrected chi connectivity index (χ4v) is 3.67. The van der Waals surface area contributed by atoms with Gasteiger partial charge in [0.15, 0.2) is 0 Å². The number of rotatable bonds is 6. The summed E-state index contributed by atoms with van der Waals surface area (Å²) in [5, 5.41) is 3.12. The van der Waals surface area contributed by atoms with E-state index in [4.69, 9.17) is 0 Å². The Bertz CT molecular complexity index is 579. The SMILES string of the molecule is CC(C(=O)NCCC1=CCCCC1)N1CCN(c2ccccn2)CC1. The summed E-state index contributed by atoms with van der Waals surface area (Å²) in [5.74, 6) is 1.18. The molecule has 1 aromatic heterocycles. The van der Waals surface area contributed by atoms with Crippen molar-refractivity contribution in [1.29, 1.82) is 0 Å². The first-order valence-corrected chi connectivity index (χ1v) is 9.59. The second kappa shape index (κ2) is 8.99. The van der Waals surface area contributed by atoms with Gasteiger partial charge in [0.05, 0.1) is 6.04 Å². The van der Waals surface area contributed by atoms with E-state index in [1.807, 2.05) is 31.3 Å². The number of amides is 1. The number of carbonyl (C=O) groups excluding carboxylic acids is 1. The van der Waals surface area contributed by atoms with Gasteiger partial charge >= 0.3 is 0 Å². The van der Waals surface area contributed by atoms with Gasteiger partial charge < -0.3 is 10.2 Å². The second-order valence-corrected chi connectivity index (χ2v) is 7.04. The molecule has 1 aromatic rings. The molecule has 25 heavy (non-hydrogen) atoms. The lowest BCUT2D eigenvalue weighted by molar-refractivity contribution is -0.125. The Balaban J connectivity index is 1.40. The predicted octanol–water partition coefficient (Wildman–Crippen LogP) is 2.60. The Hall–Kier alpha value is -1.88. The Morgan fingerprint density at radius 3 is 2.76 bits per heavy atom. The monoisotopic (exact) mass is 342 g/mol. The van der Waals surface area contributed by atoms with E-state index in [2.05, 4.69) is 26.2 Å². The number of nitrogens with zero attached hydrogens (tertiary/aromatic N) is 3. The summed E-state index contributed by atoms with van der Waals surface area (Å²) in [7, 11) is 0. The van der Waals surface area contributed by atoms with Crippen molar-refractivity contribution in [3.63, 3.8) is 0 Å². The van der Waals surface area contributed by atoms with Gasteiger partial charge in [-0.25, -0.2) is 4.98 Å². The zero-order valence-corrected chi connectivity index (χ0v) is 15.3. The third-order valence-corrected chi connectivity index (χ3v) is 5.35. The van der Waals surface area contributed by atoms with E-state index >= 15 is 0 Å². The minimum absolute atomic E-state index is 0.0637. The molecule has 1 aliphatic heterocycles. The summed E-state index contributed by atoms with van der Waals surface area (Å²) in [5.41, 5.74) is 1.52. The Kier molecular flexibility index (Phi) is 6.45. The molecule has 1 N–H and O–H groups in total. The van der Waals surface area contributed by atoms with E-state index in [1.54, 1.807) is 0 Å². The highest BCUT2D eigenvalue weighted by Crippen LogP contribution is 2.19. The van der Waals surface area contributed by atoms with E-state index < -0.39 is 0 Å². The van der Waals surface area contributed by atoms with Gasteiger partial charge in [-0.15, -0.1) is 0 Å². The average molecular weight is 342 g/mol.